The first-order valence-electron chi connectivity index (χ1n) is 9.50. The van der Waals surface area contributed by atoms with Gasteiger partial charge in [0.15, 0.2) is 0 Å². The van der Waals surface area contributed by atoms with Gasteiger partial charge in [0.2, 0.25) is 0 Å². The van der Waals surface area contributed by atoms with Crippen LogP contribution >= 0.6 is 0 Å². The van der Waals surface area contributed by atoms with E-state index in [0.717, 1.165) is 28.7 Å². The average Bonchev–Trinajstić information content (AvgIpc) is 2.74. The summed E-state index contributed by atoms with van der Waals surface area (Å²) in [6.45, 7) is 2.66. The molecule has 3 aromatic carbocycles. The third-order valence-electron chi connectivity index (χ3n) is 5.32. The fraction of sp³-hybridized carbons (Fsp3) is 0.208. The first-order valence-corrected chi connectivity index (χ1v) is 9.50. The standard InChI is InChI=1S/C24H22FNO2/c1-17(18-7-9-19(10-8-18)20-11-13-22(25)14-12-20)26-16-15-23(28-24(26)27)21-5-3-2-4-6-21/h2-14,17,23H,15-16H2,1H3. The highest BCUT2D eigenvalue weighted by Crippen LogP contribution is 2.32. The molecule has 2 atom stereocenters. The van der Waals surface area contributed by atoms with Gasteiger partial charge in [0.1, 0.15) is 11.9 Å². The molecule has 1 fully saturated rings. The van der Waals surface area contributed by atoms with Crippen molar-refractivity contribution in [2.75, 3.05) is 6.54 Å². The second-order valence-electron chi connectivity index (χ2n) is 7.07. The average molecular weight is 375 g/mol. The van der Waals surface area contributed by atoms with E-state index in [2.05, 4.69) is 0 Å². The van der Waals surface area contributed by atoms with E-state index in [4.69, 9.17) is 4.74 Å². The second-order valence-corrected chi connectivity index (χ2v) is 7.07. The molecule has 1 aliphatic rings. The van der Waals surface area contributed by atoms with E-state index in [1.54, 1.807) is 17.0 Å². The minimum Gasteiger partial charge on any atom is -0.441 e. The first kappa shape index (κ1) is 18.2. The second kappa shape index (κ2) is 7.85. The number of carbonyl (C=O) groups excluding carboxylic acids is 1. The van der Waals surface area contributed by atoms with Crippen LogP contribution in [0.25, 0.3) is 11.1 Å². The van der Waals surface area contributed by atoms with Gasteiger partial charge >= 0.3 is 6.09 Å². The van der Waals surface area contributed by atoms with Crippen molar-refractivity contribution >= 4 is 6.09 Å². The van der Waals surface area contributed by atoms with Gasteiger partial charge in [-0.2, -0.15) is 0 Å². The zero-order valence-corrected chi connectivity index (χ0v) is 15.7. The predicted octanol–water partition coefficient (Wildman–Crippen LogP) is 6.14. The van der Waals surface area contributed by atoms with Crippen molar-refractivity contribution in [3.63, 3.8) is 0 Å². The van der Waals surface area contributed by atoms with Crippen LogP contribution in [-0.4, -0.2) is 17.5 Å². The van der Waals surface area contributed by atoms with Crippen LogP contribution in [0.4, 0.5) is 9.18 Å². The molecule has 28 heavy (non-hydrogen) atoms. The minimum atomic E-state index is -0.282. The van der Waals surface area contributed by atoms with E-state index in [1.165, 1.54) is 12.1 Å². The summed E-state index contributed by atoms with van der Waals surface area (Å²) >= 11 is 0. The van der Waals surface area contributed by atoms with Gasteiger partial charge in [-0.3, -0.25) is 0 Å². The van der Waals surface area contributed by atoms with Gasteiger partial charge in [-0.1, -0.05) is 66.7 Å². The summed E-state index contributed by atoms with van der Waals surface area (Å²) in [7, 11) is 0. The Bertz CT molecular complexity index is 939. The predicted molar refractivity (Wildman–Crippen MR) is 107 cm³/mol. The summed E-state index contributed by atoms with van der Waals surface area (Å²) in [5.74, 6) is -0.244. The molecule has 0 radical (unpaired) electrons. The SMILES string of the molecule is CC(c1ccc(-c2ccc(F)cc2)cc1)N1CCC(c2ccccc2)OC1=O. The van der Waals surface area contributed by atoms with Crippen LogP contribution in [-0.2, 0) is 4.74 Å². The summed E-state index contributed by atoms with van der Waals surface area (Å²) in [5.41, 5.74) is 4.05. The quantitative estimate of drug-likeness (QED) is 0.548. The molecule has 1 amide bonds. The number of amides is 1. The van der Waals surface area contributed by atoms with Crippen molar-refractivity contribution in [1.82, 2.24) is 4.90 Å². The number of nitrogens with zero attached hydrogens (tertiary/aromatic N) is 1. The van der Waals surface area contributed by atoms with Gasteiger partial charge in [-0.25, -0.2) is 9.18 Å². The zero-order valence-electron chi connectivity index (χ0n) is 15.7. The Labute approximate surface area is 164 Å². The number of rotatable bonds is 4. The van der Waals surface area contributed by atoms with Crippen LogP contribution in [0.15, 0.2) is 78.9 Å². The van der Waals surface area contributed by atoms with Crippen LogP contribution in [0, 0.1) is 5.82 Å². The van der Waals surface area contributed by atoms with Crippen molar-refractivity contribution in [3.8, 4) is 11.1 Å². The summed E-state index contributed by atoms with van der Waals surface area (Å²) in [4.78, 5) is 14.4. The molecule has 142 valence electrons. The fourth-order valence-corrected chi connectivity index (χ4v) is 3.63. The molecule has 4 heteroatoms. The Morgan fingerprint density at radius 1 is 0.929 bits per heavy atom. The maximum absolute atomic E-state index is 13.1. The summed E-state index contributed by atoms with van der Waals surface area (Å²) in [6.07, 6.45) is 0.307. The monoisotopic (exact) mass is 375 g/mol. The molecular weight excluding hydrogens is 353 g/mol. The third kappa shape index (κ3) is 3.77. The lowest BCUT2D eigenvalue weighted by molar-refractivity contribution is 0.0123. The van der Waals surface area contributed by atoms with E-state index in [-0.39, 0.29) is 24.1 Å². The van der Waals surface area contributed by atoms with Gasteiger partial charge in [-0.15, -0.1) is 0 Å². The smallest absolute Gasteiger partial charge is 0.410 e. The van der Waals surface area contributed by atoms with Crippen molar-refractivity contribution in [2.45, 2.75) is 25.5 Å². The Morgan fingerprint density at radius 2 is 1.54 bits per heavy atom. The Kier molecular flexibility index (Phi) is 5.11. The summed E-state index contributed by atoms with van der Waals surface area (Å²) in [5, 5.41) is 0. The fourth-order valence-electron chi connectivity index (χ4n) is 3.63. The number of carbonyl (C=O) groups is 1. The van der Waals surface area contributed by atoms with E-state index >= 15 is 0 Å². The summed E-state index contributed by atoms with van der Waals surface area (Å²) in [6, 6.07) is 24.3. The molecule has 4 rings (SSSR count). The lowest BCUT2D eigenvalue weighted by Gasteiger charge is -2.36. The lowest BCUT2D eigenvalue weighted by atomic mass is 9.99. The highest BCUT2D eigenvalue weighted by atomic mass is 19.1. The first-order chi connectivity index (χ1) is 13.6. The number of halogens is 1. The highest BCUT2D eigenvalue weighted by molar-refractivity contribution is 5.70. The minimum absolute atomic E-state index is 0.0773. The molecule has 1 heterocycles. The topological polar surface area (TPSA) is 29.5 Å². The Hall–Kier alpha value is -3.14. The molecule has 0 saturated carbocycles. The van der Waals surface area contributed by atoms with Gasteiger partial charge in [0.25, 0.3) is 0 Å². The lowest BCUT2D eigenvalue weighted by Crippen LogP contribution is -2.40. The van der Waals surface area contributed by atoms with Crippen molar-refractivity contribution in [3.05, 3.63) is 95.8 Å². The summed E-state index contributed by atoms with van der Waals surface area (Å²) < 4.78 is 18.8. The van der Waals surface area contributed by atoms with Crippen LogP contribution in [0.3, 0.4) is 0 Å². The van der Waals surface area contributed by atoms with Crippen molar-refractivity contribution in [1.29, 1.82) is 0 Å². The molecule has 0 aliphatic carbocycles. The number of hydrogen-bond acceptors (Lipinski definition) is 2. The Morgan fingerprint density at radius 3 is 2.14 bits per heavy atom. The molecule has 3 nitrogen and oxygen atoms in total. The maximum atomic E-state index is 13.1. The molecule has 3 aromatic rings. The van der Waals surface area contributed by atoms with Crippen molar-refractivity contribution < 1.29 is 13.9 Å². The van der Waals surface area contributed by atoms with E-state index in [0.29, 0.717) is 6.54 Å². The Balaban J connectivity index is 1.45. The van der Waals surface area contributed by atoms with E-state index in [1.807, 2.05) is 61.5 Å². The van der Waals surface area contributed by atoms with Gasteiger partial charge < -0.3 is 9.64 Å². The number of benzene rings is 3. The zero-order chi connectivity index (χ0) is 19.5. The van der Waals surface area contributed by atoms with E-state index in [9.17, 15) is 9.18 Å². The van der Waals surface area contributed by atoms with Gasteiger partial charge in [0.05, 0.1) is 6.04 Å². The molecule has 0 N–H and O–H groups in total. The van der Waals surface area contributed by atoms with Gasteiger partial charge in [0, 0.05) is 13.0 Å². The molecule has 0 bridgehead atoms. The van der Waals surface area contributed by atoms with E-state index < -0.39 is 0 Å². The van der Waals surface area contributed by atoms with Crippen LogP contribution < -0.4 is 0 Å². The normalized spacial score (nSPS) is 17.9. The molecule has 2 unspecified atom stereocenters. The molecule has 0 spiro atoms. The molecule has 1 aliphatic heterocycles. The molecular formula is C24H22FNO2. The van der Waals surface area contributed by atoms with Crippen LogP contribution in [0.2, 0.25) is 0 Å². The van der Waals surface area contributed by atoms with Crippen LogP contribution in [0.1, 0.15) is 36.6 Å². The number of cyclic esters (lactones) is 1. The molecule has 0 aromatic heterocycles. The highest BCUT2D eigenvalue weighted by Gasteiger charge is 2.31. The number of hydrogen-bond donors (Lipinski definition) is 0. The molecule has 1 saturated heterocycles. The largest absolute Gasteiger partial charge is 0.441 e. The van der Waals surface area contributed by atoms with Crippen LogP contribution in [0.5, 0.6) is 0 Å². The third-order valence-corrected chi connectivity index (χ3v) is 5.32. The maximum Gasteiger partial charge on any atom is 0.410 e. The van der Waals surface area contributed by atoms with Crippen molar-refractivity contribution in [2.24, 2.45) is 0 Å². The van der Waals surface area contributed by atoms with Gasteiger partial charge in [-0.05, 0) is 41.3 Å². The number of ether oxygens (including phenoxy) is 1.